The quantitative estimate of drug-likeness (QED) is 0.330. The summed E-state index contributed by atoms with van der Waals surface area (Å²) in [6.07, 6.45) is -6.58. The Bertz CT molecular complexity index is 639. The average Bonchev–Trinajstić information content (AvgIpc) is 2.92. The van der Waals surface area contributed by atoms with Gasteiger partial charge in [-0.25, -0.2) is 8.98 Å². The van der Waals surface area contributed by atoms with E-state index in [1.54, 1.807) is 0 Å². The molecule has 2 saturated heterocycles. The Labute approximate surface area is 137 Å². The predicted molar refractivity (Wildman–Crippen MR) is 70.8 cm³/mol. The van der Waals surface area contributed by atoms with E-state index in [-0.39, 0.29) is 5.75 Å². The maximum Gasteiger partial charge on any atom is 0.523 e. The van der Waals surface area contributed by atoms with Crippen molar-refractivity contribution in [2.45, 2.75) is 35.2 Å². The molecule has 0 radical (unpaired) electrons. The lowest BCUT2D eigenvalue weighted by Gasteiger charge is -2.41. The van der Waals surface area contributed by atoms with Crippen molar-refractivity contribution >= 4 is 33.8 Å². The van der Waals surface area contributed by atoms with Crippen molar-refractivity contribution in [1.82, 2.24) is 4.90 Å². The molecule has 2 aliphatic rings. The Hall–Kier alpha value is -1.09. The highest BCUT2D eigenvalue weighted by Gasteiger charge is 2.59. The maximum atomic E-state index is 12.4. The second-order valence-corrected chi connectivity index (χ2v) is 7.62. The van der Waals surface area contributed by atoms with Crippen molar-refractivity contribution in [3.05, 3.63) is 0 Å². The van der Waals surface area contributed by atoms with E-state index in [0.717, 1.165) is 18.9 Å². The highest BCUT2D eigenvalue weighted by Crippen LogP contribution is 2.39. The molecule has 0 spiro atoms. The monoisotopic (exact) mass is 395 g/mol. The fourth-order valence-corrected chi connectivity index (χ4v) is 4.34. The number of amides is 1. The molecule has 138 valence electrons. The molecule has 0 aromatic rings. The van der Waals surface area contributed by atoms with Gasteiger partial charge in [0.05, 0.1) is 7.11 Å². The van der Waals surface area contributed by atoms with Gasteiger partial charge in [-0.15, -0.1) is 11.8 Å². The Kier molecular flexibility index (Phi) is 5.07. The Balaban J connectivity index is 2.34. The van der Waals surface area contributed by atoms with E-state index >= 15 is 0 Å². The number of thioether (sulfide) groups is 1. The number of carbonyl (C=O) groups excluding carboxylic acids is 2. The van der Waals surface area contributed by atoms with Crippen LogP contribution >= 0.6 is 11.8 Å². The number of nitrogens with zero attached hydrogens (tertiary/aromatic N) is 1. The number of aliphatic hydroxyl groups excluding tert-OH is 2. The third-order valence-electron chi connectivity index (χ3n) is 3.47. The number of carbonyl (C=O) groups is 2. The number of halogens is 3. The second-order valence-electron chi connectivity index (χ2n) is 4.91. The SMILES string of the molecule is COC(=O)[C@@H]1CS[C@H]2[C@@H](O)[C@H](O)[C@H](OS(=O)(=O)C(F)(F)F)C(=O)N12. The summed E-state index contributed by atoms with van der Waals surface area (Å²) in [5.41, 5.74) is -5.82. The van der Waals surface area contributed by atoms with Crippen LogP contribution in [0.4, 0.5) is 13.2 Å². The molecule has 2 aliphatic heterocycles. The van der Waals surface area contributed by atoms with Crippen molar-refractivity contribution in [2.24, 2.45) is 0 Å². The molecule has 14 heteroatoms. The van der Waals surface area contributed by atoms with Crippen LogP contribution in [0.3, 0.4) is 0 Å². The molecular formula is C10H12F3NO8S2. The molecule has 0 saturated carbocycles. The topological polar surface area (TPSA) is 130 Å². The molecule has 0 bridgehead atoms. The Morgan fingerprint density at radius 3 is 2.42 bits per heavy atom. The summed E-state index contributed by atoms with van der Waals surface area (Å²) < 4.78 is 67.6. The van der Waals surface area contributed by atoms with Gasteiger partial charge in [-0.2, -0.15) is 21.6 Å². The van der Waals surface area contributed by atoms with Gasteiger partial charge in [-0.3, -0.25) is 4.79 Å². The molecule has 9 nitrogen and oxygen atoms in total. The predicted octanol–water partition coefficient (Wildman–Crippen LogP) is -1.60. The van der Waals surface area contributed by atoms with Crippen LogP contribution in [-0.2, 0) is 28.6 Å². The number of ether oxygens (including phenoxy) is 1. The van der Waals surface area contributed by atoms with Crippen LogP contribution in [-0.4, -0.2) is 83.5 Å². The standard InChI is InChI=1S/C10H12F3NO8S2/c1-21-9(18)3-2-23-8-5(16)4(15)6(7(17)14(3)8)22-24(19,20)10(11,12)13/h3-6,8,15-16H,2H2,1H3/t3-,4-,5-,6-,8-/m0/s1. The van der Waals surface area contributed by atoms with E-state index in [1.165, 1.54) is 0 Å². The lowest BCUT2D eigenvalue weighted by atomic mass is 9.99. The lowest BCUT2D eigenvalue weighted by Crippen LogP contribution is -2.65. The Morgan fingerprint density at radius 1 is 1.33 bits per heavy atom. The first-order valence-corrected chi connectivity index (χ1v) is 8.75. The van der Waals surface area contributed by atoms with Gasteiger partial charge in [0.15, 0.2) is 6.10 Å². The lowest BCUT2D eigenvalue weighted by molar-refractivity contribution is -0.173. The summed E-state index contributed by atoms with van der Waals surface area (Å²) in [5, 5.41) is 18.6. The van der Waals surface area contributed by atoms with Crippen LogP contribution in [0.5, 0.6) is 0 Å². The molecule has 2 rings (SSSR count). The Morgan fingerprint density at radius 2 is 1.92 bits per heavy atom. The number of rotatable bonds is 3. The fourth-order valence-electron chi connectivity index (χ4n) is 2.32. The number of hydrogen-bond donors (Lipinski definition) is 2. The van der Waals surface area contributed by atoms with E-state index in [9.17, 15) is 41.4 Å². The molecule has 0 aliphatic carbocycles. The molecule has 24 heavy (non-hydrogen) atoms. The number of aliphatic hydroxyl groups is 2. The van der Waals surface area contributed by atoms with E-state index in [4.69, 9.17) is 0 Å². The first-order valence-electron chi connectivity index (χ1n) is 6.29. The van der Waals surface area contributed by atoms with Gasteiger partial charge in [-0.05, 0) is 0 Å². The third-order valence-corrected chi connectivity index (χ3v) is 5.86. The number of fused-ring (bicyclic) bond motifs is 1. The van der Waals surface area contributed by atoms with Crippen molar-refractivity contribution in [3.8, 4) is 0 Å². The van der Waals surface area contributed by atoms with Gasteiger partial charge < -0.3 is 19.8 Å². The summed E-state index contributed by atoms with van der Waals surface area (Å²) in [5.74, 6) is -2.32. The zero-order valence-electron chi connectivity index (χ0n) is 11.8. The minimum atomic E-state index is -6.20. The number of piperidine rings is 1. The second kappa shape index (κ2) is 6.33. The van der Waals surface area contributed by atoms with Gasteiger partial charge in [0, 0.05) is 5.75 Å². The summed E-state index contributed by atoms with van der Waals surface area (Å²) in [6, 6.07) is -1.25. The summed E-state index contributed by atoms with van der Waals surface area (Å²) in [6.45, 7) is 0. The number of esters is 1. The summed E-state index contributed by atoms with van der Waals surface area (Å²) in [7, 11) is -5.18. The molecule has 5 atom stereocenters. The van der Waals surface area contributed by atoms with Crippen LogP contribution in [0.2, 0.25) is 0 Å². The third kappa shape index (κ3) is 3.08. The van der Waals surface area contributed by atoms with Crippen LogP contribution in [0.25, 0.3) is 0 Å². The number of methoxy groups -OCH3 is 1. The molecule has 0 unspecified atom stereocenters. The van der Waals surface area contributed by atoms with Crippen molar-refractivity contribution in [3.63, 3.8) is 0 Å². The smallest absolute Gasteiger partial charge is 0.467 e. The highest BCUT2D eigenvalue weighted by molar-refractivity contribution is 8.00. The minimum Gasteiger partial charge on any atom is -0.467 e. The average molecular weight is 395 g/mol. The molecule has 1 amide bonds. The molecule has 0 aromatic heterocycles. The molecule has 2 fully saturated rings. The van der Waals surface area contributed by atoms with Gasteiger partial charge in [0.2, 0.25) is 0 Å². The van der Waals surface area contributed by atoms with E-state index in [2.05, 4.69) is 8.92 Å². The fraction of sp³-hybridized carbons (Fsp3) is 0.800. The molecular weight excluding hydrogens is 383 g/mol. The maximum absolute atomic E-state index is 12.4. The van der Waals surface area contributed by atoms with Crippen LogP contribution in [0.15, 0.2) is 0 Å². The summed E-state index contributed by atoms with van der Waals surface area (Å²) >= 11 is 0.886. The van der Waals surface area contributed by atoms with Crippen LogP contribution < -0.4 is 0 Å². The molecule has 2 N–H and O–H groups in total. The van der Waals surface area contributed by atoms with Crippen molar-refractivity contribution < 1.29 is 50.3 Å². The zero-order chi connectivity index (χ0) is 18.4. The number of alkyl halides is 3. The summed E-state index contributed by atoms with van der Waals surface area (Å²) in [4.78, 5) is 24.6. The zero-order valence-corrected chi connectivity index (χ0v) is 13.5. The first-order chi connectivity index (χ1) is 10.9. The first kappa shape index (κ1) is 19.2. The van der Waals surface area contributed by atoms with E-state index in [1.807, 2.05) is 0 Å². The molecule has 2 heterocycles. The van der Waals surface area contributed by atoms with Gasteiger partial charge in [0.25, 0.3) is 5.91 Å². The van der Waals surface area contributed by atoms with E-state index in [0.29, 0.717) is 4.90 Å². The van der Waals surface area contributed by atoms with Gasteiger partial charge in [-0.1, -0.05) is 0 Å². The largest absolute Gasteiger partial charge is 0.523 e. The van der Waals surface area contributed by atoms with Gasteiger partial charge in [0.1, 0.15) is 23.6 Å². The minimum absolute atomic E-state index is 0.0500. The number of hydrogen-bond acceptors (Lipinski definition) is 9. The normalized spacial score (nSPS) is 34.2. The van der Waals surface area contributed by atoms with Gasteiger partial charge >= 0.3 is 21.6 Å². The van der Waals surface area contributed by atoms with E-state index < -0.39 is 57.2 Å². The van der Waals surface area contributed by atoms with Crippen LogP contribution in [0.1, 0.15) is 0 Å². The van der Waals surface area contributed by atoms with Crippen molar-refractivity contribution in [2.75, 3.05) is 12.9 Å². The van der Waals surface area contributed by atoms with Crippen molar-refractivity contribution in [1.29, 1.82) is 0 Å². The molecule has 0 aromatic carbocycles. The highest BCUT2D eigenvalue weighted by atomic mass is 32.2. The van der Waals surface area contributed by atoms with Crippen LogP contribution in [0, 0.1) is 0 Å².